The molecule has 5 heteroatoms. The third-order valence-electron chi connectivity index (χ3n) is 3.17. The maximum Gasteiger partial charge on any atom is 0.359 e. The molecular weight excluding hydrogens is 234 g/mol. The van der Waals surface area contributed by atoms with Gasteiger partial charge in [-0.25, -0.2) is 4.79 Å². The number of esters is 1. The molecular formula is C13H11NO4. The van der Waals surface area contributed by atoms with Crippen molar-refractivity contribution < 1.29 is 14.3 Å². The van der Waals surface area contributed by atoms with Gasteiger partial charge in [-0.15, -0.1) is 4.91 Å². The molecule has 1 aliphatic carbocycles. The van der Waals surface area contributed by atoms with Crippen molar-refractivity contribution in [3.63, 3.8) is 0 Å². The van der Waals surface area contributed by atoms with Gasteiger partial charge in [0.25, 0.3) is 0 Å². The molecule has 5 nitrogen and oxygen atoms in total. The standard InChI is InChI=1S/C13H11NO4/c1-2-17-12(15)13-7-9(13)11(14-16)8-5-3-4-6-10(8)18-13/h3-7,11H,2H2,1H3. The van der Waals surface area contributed by atoms with Crippen LogP contribution in [0.2, 0.25) is 0 Å². The Morgan fingerprint density at radius 1 is 1.50 bits per heavy atom. The first-order chi connectivity index (χ1) is 8.73. The number of hydrogen-bond donors (Lipinski definition) is 0. The maximum absolute atomic E-state index is 11.9. The van der Waals surface area contributed by atoms with Crippen LogP contribution in [0.5, 0.6) is 5.75 Å². The van der Waals surface area contributed by atoms with Gasteiger partial charge in [0.05, 0.1) is 6.61 Å². The summed E-state index contributed by atoms with van der Waals surface area (Å²) in [6.45, 7) is 1.99. The first-order valence-electron chi connectivity index (χ1n) is 5.74. The molecule has 0 bridgehead atoms. The Morgan fingerprint density at radius 3 is 3.00 bits per heavy atom. The second-order valence-corrected chi connectivity index (χ2v) is 4.20. The predicted octanol–water partition coefficient (Wildman–Crippen LogP) is 2.13. The summed E-state index contributed by atoms with van der Waals surface area (Å²) in [6.07, 6.45) is 1.61. The fraction of sp³-hybridized carbons (Fsp3) is 0.308. The summed E-state index contributed by atoms with van der Waals surface area (Å²) in [5.74, 6) is 0.0239. The topological polar surface area (TPSA) is 65.0 Å². The molecule has 0 saturated carbocycles. The van der Waals surface area contributed by atoms with E-state index in [-0.39, 0.29) is 6.61 Å². The minimum atomic E-state index is -1.19. The van der Waals surface area contributed by atoms with Gasteiger partial charge in [0.15, 0.2) is 0 Å². The van der Waals surface area contributed by atoms with Gasteiger partial charge < -0.3 is 9.47 Å². The molecule has 0 saturated heterocycles. The first kappa shape index (κ1) is 11.0. The van der Waals surface area contributed by atoms with Crippen molar-refractivity contribution in [3.8, 4) is 5.75 Å². The van der Waals surface area contributed by atoms with E-state index in [2.05, 4.69) is 5.18 Å². The smallest absolute Gasteiger partial charge is 0.359 e. The molecule has 0 N–H and O–H groups in total. The molecule has 3 rings (SSSR count). The van der Waals surface area contributed by atoms with Gasteiger partial charge in [0.2, 0.25) is 5.60 Å². The number of fused-ring (bicyclic) bond motifs is 2. The Bertz CT molecular complexity index is 566. The molecule has 0 spiro atoms. The van der Waals surface area contributed by atoms with Crippen molar-refractivity contribution in [2.75, 3.05) is 6.61 Å². The number of carbonyl (C=O) groups is 1. The molecule has 1 aliphatic heterocycles. The van der Waals surface area contributed by atoms with Crippen LogP contribution in [0.15, 0.2) is 41.1 Å². The Labute approximate surface area is 103 Å². The molecule has 0 radical (unpaired) electrons. The van der Waals surface area contributed by atoms with Crippen LogP contribution in [0.25, 0.3) is 0 Å². The second-order valence-electron chi connectivity index (χ2n) is 4.20. The molecule has 0 amide bonds. The lowest BCUT2D eigenvalue weighted by Crippen LogP contribution is -2.38. The zero-order valence-electron chi connectivity index (χ0n) is 9.75. The third kappa shape index (κ3) is 1.30. The first-order valence-corrected chi connectivity index (χ1v) is 5.74. The quantitative estimate of drug-likeness (QED) is 0.465. The summed E-state index contributed by atoms with van der Waals surface area (Å²) in [4.78, 5) is 22.9. The third-order valence-corrected chi connectivity index (χ3v) is 3.17. The van der Waals surface area contributed by atoms with Gasteiger partial charge >= 0.3 is 5.97 Å². The van der Waals surface area contributed by atoms with Crippen LogP contribution in [0.3, 0.4) is 0 Å². The van der Waals surface area contributed by atoms with E-state index in [0.29, 0.717) is 16.9 Å². The summed E-state index contributed by atoms with van der Waals surface area (Å²) < 4.78 is 10.6. The van der Waals surface area contributed by atoms with E-state index >= 15 is 0 Å². The number of ether oxygens (including phenoxy) is 2. The van der Waals surface area contributed by atoms with Crippen LogP contribution in [0.1, 0.15) is 18.5 Å². The summed E-state index contributed by atoms with van der Waals surface area (Å²) in [7, 11) is 0. The normalized spacial score (nSPS) is 27.2. The SMILES string of the molecule is CCOC(=O)C12C=C1C(N=O)c1ccccc1O2. The van der Waals surface area contributed by atoms with Gasteiger partial charge in [-0.05, 0) is 19.1 Å². The zero-order valence-corrected chi connectivity index (χ0v) is 9.75. The van der Waals surface area contributed by atoms with Crippen molar-refractivity contribution in [2.24, 2.45) is 5.18 Å². The Morgan fingerprint density at radius 2 is 2.28 bits per heavy atom. The van der Waals surface area contributed by atoms with E-state index < -0.39 is 17.6 Å². The fourth-order valence-corrected chi connectivity index (χ4v) is 2.26. The van der Waals surface area contributed by atoms with Crippen molar-refractivity contribution in [1.29, 1.82) is 0 Å². The minimum absolute atomic E-state index is 0.270. The van der Waals surface area contributed by atoms with Gasteiger partial charge in [-0.3, -0.25) is 0 Å². The van der Waals surface area contributed by atoms with E-state index in [0.717, 1.165) is 0 Å². The van der Waals surface area contributed by atoms with E-state index in [9.17, 15) is 9.70 Å². The highest BCUT2D eigenvalue weighted by atomic mass is 16.6. The number of nitrogens with zero attached hydrogens (tertiary/aromatic N) is 1. The van der Waals surface area contributed by atoms with E-state index in [4.69, 9.17) is 9.47 Å². The van der Waals surface area contributed by atoms with Crippen LogP contribution in [-0.2, 0) is 9.53 Å². The van der Waals surface area contributed by atoms with Gasteiger partial charge in [-0.1, -0.05) is 23.4 Å². The van der Waals surface area contributed by atoms with Crippen LogP contribution in [0.4, 0.5) is 0 Å². The molecule has 18 heavy (non-hydrogen) atoms. The molecule has 2 atom stereocenters. The lowest BCUT2D eigenvalue weighted by molar-refractivity contribution is -0.152. The molecule has 2 unspecified atom stereocenters. The predicted molar refractivity (Wildman–Crippen MR) is 63.1 cm³/mol. The fourth-order valence-electron chi connectivity index (χ4n) is 2.26. The van der Waals surface area contributed by atoms with Gasteiger partial charge in [0.1, 0.15) is 11.8 Å². The van der Waals surface area contributed by atoms with E-state index in [1.165, 1.54) is 0 Å². The number of nitroso groups, excluding NO2 is 1. The molecule has 1 aromatic carbocycles. The monoisotopic (exact) mass is 245 g/mol. The summed E-state index contributed by atoms with van der Waals surface area (Å²) in [5, 5.41) is 3.09. The highest BCUT2D eigenvalue weighted by Gasteiger charge is 2.62. The lowest BCUT2D eigenvalue weighted by atomic mass is 9.97. The van der Waals surface area contributed by atoms with Gasteiger partial charge in [0, 0.05) is 11.1 Å². The number of hydrogen-bond acceptors (Lipinski definition) is 5. The van der Waals surface area contributed by atoms with Crippen LogP contribution in [-0.4, -0.2) is 18.2 Å². The van der Waals surface area contributed by atoms with Crippen molar-refractivity contribution in [2.45, 2.75) is 18.6 Å². The highest BCUT2D eigenvalue weighted by Crippen LogP contribution is 2.55. The Hall–Kier alpha value is -2.17. The lowest BCUT2D eigenvalue weighted by Gasteiger charge is -2.27. The average molecular weight is 245 g/mol. The summed E-state index contributed by atoms with van der Waals surface area (Å²) in [6, 6.07) is 6.43. The number of benzene rings is 1. The minimum Gasteiger partial charge on any atom is -0.466 e. The van der Waals surface area contributed by atoms with E-state index in [1.54, 1.807) is 37.3 Å². The van der Waals surface area contributed by atoms with Crippen LogP contribution in [0, 0.1) is 4.91 Å². The average Bonchev–Trinajstić information content (AvgIpc) is 3.11. The van der Waals surface area contributed by atoms with Crippen LogP contribution < -0.4 is 4.74 Å². The summed E-state index contributed by atoms with van der Waals surface area (Å²) in [5.41, 5.74) is 0.0778. The maximum atomic E-state index is 11.9. The number of rotatable bonds is 3. The Balaban J connectivity index is 2.00. The molecule has 2 aliphatic rings. The van der Waals surface area contributed by atoms with Crippen molar-refractivity contribution >= 4 is 5.97 Å². The second kappa shape index (κ2) is 3.66. The largest absolute Gasteiger partial charge is 0.466 e. The Kier molecular flexibility index (Phi) is 2.23. The molecule has 1 aromatic rings. The number of carbonyl (C=O) groups excluding carboxylic acids is 1. The highest BCUT2D eigenvalue weighted by molar-refractivity contribution is 5.94. The summed E-state index contributed by atoms with van der Waals surface area (Å²) >= 11 is 0. The molecule has 92 valence electrons. The number of para-hydroxylation sites is 1. The van der Waals surface area contributed by atoms with Crippen molar-refractivity contribution in [3.05, 3.63) is 46.4 Å². The van der Waals surface area contributed by atoms with Crippen molar-refractivity contribution in [1.82, 2.24) is 0 Å². The molecule has 0 aromatic heterocycles. The van der Waals surface area contributed by atoms with E-state index in [1.807, 2.05) is 0 Å². The van der Waals surface area contributed by atoms with Crippen LogP contribution >= 0.6 is 0 Å². The molecule has 1 heterocycles. The molecule has 0 fully saturated rings. The van der Waals surface area contributed by atoms with Gasteiger partial charge in [-0.2, -0.15) is 0 Å². The zero-order chi connectivity index (χ0) is 12.8.